The molecule has 142 valence electrons. The number of piperidine rings is 1. The second kappa shape index (κ2) is 6.83. The zero-order valence-electron chi connectivity index (χ0n) is 16.2. The summed E-state index contributed by atoms with van der Waals surface area (Å²) in [6, 6.07) is 5.68. The second-order valence-corrected chi connectivity index (χ2v) is 7.86. The van der Waals surface area contributed by atoms with E-state index >= 15 is 0 Å². The van der Waals surface area contributed by atoms with Crippen molar-refractivity contribution in [1.82, 2.24) is 15.0 Å². The number of furan rings is 1. The molecule has 0 unspecified atom stereocenters. The normalized spacial score (nSPS) is 20.6. The third-order valence-electron chi connectivity index (χ3n) is 5.46. The zero-order valence-corrected chi connectivity index (χ0v) is 16.2. The fraction of sp³-hybridized carbons (Fsp3) is 0.476. The molecule has 0 spiro atoms. The highest BCUT2D eigenvalue weighted by Gasteiger charge is 2.34. The van der Waals surface area contributed by atoms with Crippen LogP contribution in [0, 0.1) is 12.8 Å². The van der Waals surface area contributed by atoms with E-state index in [0.717, 1.165) is 24.3 Å². The van der Waals surface area contributed by atoms with Crippen molar-refractivity contribution in [3.05, 3.63) is 47.2 Å². The van der Waals surface area contributed by atoms with Crippen LogP contribution in [-0.2, 0) is 0 Å². The monoisotopic (exact) mass is 367 g/mol. The van der Waals surface area contributed by atoms with Crippen LogP contribution in [-0.4, -0.2) is 27.5 Å². The minimum absolute atomic E-state index is 0.0103. The summed E-state index contributed by atoms with van der Waals surface area (Å²) < 4.78 is 11.0. The quantitative estimate of drug-likeness (QED) is 0.661. The number of amides is 1. The van der Waals surface area contributed by atoms with Crippen molar-refractivity contribution in [2.75, 3.05) is 6.54 Å². The number of nitrogens with zero attached hydrogens (tertiary/aromatic N) is 3. The van der Waals surface area contributed by atoms with Crippen molar-refractivity contribution >= 4 is 17.0 Å². The van der Waals surface area contributed by atoms with Crippen LogP contribution in [0.1, 0.15) is 73.1 Å². The van der Waals surface area contributed by atoms with E-state index in [4.69, 9.17) is 8.94 Å². The summed E-state index contributed by atoms with van der Waals surface area (Å²) in [5.41, 5.74) is 2.58. The third-order valence-corrected chi connectivity index (χ3v) is 5.46. The Bertz CT molecular complexity index is 959. The van der Waals surface area contributed by atoms with E-state index in [1.54, 1.807) is 6.26 Å². The largest absolute Gasteiger partial charge is 0.467 e. The first kappa shape index (κ1) is 17.8. The Morgan fingerprint density at radius 1 is 1.37 bits per heavy atom. The second-order valence-electron chi connectivity index (χ2n) is 7.86. The van der Waals surface area contributed by atoms with Crippen LogP contribution in [0.15, 0.2) is 33.4 Å². The summed E-state index contributed by atoms with van der Waals surface area (Å²) in [5.74, 6) is 1.56. The SMILES string of the molecule is Cc1noc2nc(C(C)C)cc(C(=O)N3CC[C@H](C)C[C@@H]3c3ccco3)c12. The standard InChI is InChI=1S/C21H25N3O3/c1-12(2)16-11-15(19-14(4)23-27-20(19)22-16)21(25)24-8-7-13(3)10-17(24)18-6-5-9-26-18/h5-6,9,11-13,17H,7-8,10H2,1-4H3/t13-,17+/m0/s1. The Morgan fingerprint density at radius 2 is 2.19 bits per heavy atom. The van der Waals surface area contributed by atoms with Gasteiger partial charge in [0.1, 0.15) is 5.76 Å². The number of carbonyl (C=O) groups is 1. The molecule has 4 heterocycles. The van der Waals surface area contributed by atoms with Gasteiger partial charge in [-0.3, -0.25) is 4.79 Å². The summed E-state index contributed by atoms with van der Waals surface area (Å²) in [6.45, 7) is 8.89. The highest BCUT2D eigenvalue weighted by Crippen LogP contribution is 2.36. The van der Waals surface area contributed by atoms with Gasteiger partial charge in [0, 0.05) is 12.2 Å². The van der Waals surface area contributed by atoms with Gasteiger partial charge in [-0.2, -0.15) is 0 Å². The Kier molecular flexibility index (Phi) is 4.50. The van der Waals surface area contributed by atoms with Crippen LogP contribution >= 0.6 is 0 Å². The third kappa shape index (κ3) is 3.13. The molecule has 1 fully saturated rings. The van der Waals surface area contributed by atoms with Crippen molar-refractivity contribution in [2.45, 2.75) is 52.5 Å². The van der Waals surface area contributed by atoms with Crippen molar-refractivity contribution in [3.63, 3.8) is 0 Å². The van der Waals surface area contributed by atoms with Gasteiger partial charge in [-0.15, -0.1) is 0 Å². The smallest absolute Gasteiger partial charge is 0.259 e. The minimum atomic E-state index is -0.0536. The van der Waals surface area contributed by atoms with E-state index in [1.807, 2.05) is 30.0 Å². The molecule has 0 aliphatic carbocycles. The molecule has 0 bridgehead atoms. The number of aromatic nitrogens is 2. The number of likely N-dealkylation sites (tertiary alicyclic amines) is 1. The average Bonchev–Trinajstić information content (AvgIpc) is 3.31. The van der Waals surface area contributed by atoms with Gasteiger partial charge >= 0.3 is 0 Å². The van der Waals surface area contributed by atoms with Crippen LogP contribution in [0.2, 0.25) is 0 Å². The molecule has 1 aliphatic heterocycles. The van der Waals surface area contributed by atoms with Gasteiger partial charge in [0.25, 0.3) is 11.6 Å². The predicted molar refractivity (Wildman–Crippen MR) is 102 cm³/mol. The van der Waals surface area contributed by atoms with Crippen LogP contribution in [0.3, 0.4) is 0 Å². The maximum atomic E-state index is 13.6. The molecule has 27 heavy (non-hydrogen) atoms. The summed E-state index contributed by atoms with van der Waals surface area (Å²) in [7, 11) is 0. The highest BCUT2D eigenvalue weighted by atomic mass is 16.5. The lowest BCUT2D eigenvalue weighted by molar-refractivity contribution is 0.0522. The molecule has 6 heteroatoms. The van der Waals surface area contributed by atoms with Crippen LogP contribution in [0.5, 0.6) is 0 Å². The summed E-state index contributed by atoms with van der Waals surface area (Å²) in [6.07, 6.45) is 3.55. The van der Waals surface area contributed by atoms with E-state index in [2.05, 4.69) is 30.9 Å². The Labute approximate surface area is 158 Å². The lowest BCUT2D eigenvalue weighted by Gasteiger charge is -2.37. The van der Waals surface area contributed by atoms with Gasteiger partial charge in [-0.05, 0) is 49.8 Å². The van der Waals surface area contributed by atoms with Gasteiger partial charge in [0.2, 0.25) is 0 Å². The van der Waals surface area contributed by atoms with Gasteiger partial charge in [0.05, 0.1) is 28.9 Å². The molecular weight excluding hydrogens is 342 g/mol. The predicted octanol–water partition coefficient (Wildman–Crippen LogP) is 4.86. The fourth-order valence-electron chi connectivity index (χ4n) is 3.87. The van der Waals surface area contributed by atoms with Crippen LogP contribution < -0.4 is 0 Å². The first-order valence-electron chi connectivity index (χ1n) is 9.57. The van der Waals surface area contributed by atoms with E-state index in [9.17, 15) is 4.79 Å². The van der Waals surface area contributed by atoms with Crippen molar-refractivity contribution < 1.29 is 13.7 Å². The Hall–Kier alpha value is -2.63. The molecule has 3 aromatic heterocycles. The number of aryl methyl sites for hydroxylation is 1. The van der Waals surface area contributed by atoms with Gasteiger partial charge < -0.3 is 13.8 Å². The topological polar surface area (TPSA) is 72.4 Å². The number of fused-ring (bicyclic) bond motifs is 1. The molecule has 6 nitrogen and oxygen atoms in total. The van der Waals surface area contributed by atoms with E-state index in [1.165, 1.54) is 0 Å². The number of hydrogen-bond donors (Lipinski definition) is 0. The lowest BCUT2D eigenvalue weighted by Crippen LogP contribution is -2.40. The maximum Gasteiger partial charge on any atom is 0.259 e. The molecule has 2 atom stereocenters. The molecular formula is C21H25N3O3. The van der Waals surface area contributed by atoms with Crippen LogP contribution in [0.25, 0.3) is 11.1 Å². The maximum absolute atomic E-state index is 13.6. The van der Waals surface area contributed by atoms with E-state index < -0.39 is 0 Å². The van der Waals surface area contributed by atoms with Gasteiger partial charge in [-0.25, -0.2) is 4.98 Å². The highest BCUT2D eigenvalue weighted by molar-refractivity contribution is 6.06. The number of carbonyl (C=O) groups excluding carboxylic acids is 1. The summed E-state index contributed by atoms with van der Waals surface area (Å²) in [4.78, 5) is 20.1. The Morgan fingerprint density at radius 3 is 2.89 bits per heavy atom. The van der Waals surface area contributed by atoms with E-state index in [0.29, 0.717) is 34.8 Å². The molecule has 1 aliphatic rings. The number of hydrogen-bond acceptors (Lipinski definition) is 5. The molecule has 1 saturated heterocycles. The van der Waals surface area contributed by atoms with Crippen molar-refractivity contribution in [2.24, 2.45) is 5.92 Å². The van der Waals surface area contributed by atoms with Crippen molar-refractivity contribution in [1.29, 1.82) is 0 Å². The summed E-state index contributed by atoms with van der Waals surface area (Å²) in [5, 5.41) is 4.75. The zero-order chi connectivity index (χ0) is 19.1. The van der Waals surface area contributed by atoms with Crippen LogP contribution in [0.4, 0.5) is 0 Å². The Balaban J connectivity index is 1.80. The molecule has 3 aromatic rings. The van der Waals surface area contributed by atoms with Crippen molar-refractivity contribution in [3.8, 4) is 0 Å². The molecule has 0 N–H and O–H groups in total. The average molecular weight is 367 g/mol. The number of pyridine rings is 1. The summed E-state index contributed by atoms with van der Waals surface area (Å²) >= 11 is 0. The first-order chi connectivity index (χ1) is 13.0. The van der Waals surface area contributed by atoms with Gasteiger partial charge in [-0.1, -0.05) is 25.9 Å². The molecule has 0 saturated carbocycles. The molecule has 1 amide bonds. The number of rotatable bonds is 3. The fourth-order valence-corrected chi connectivity index (χ4v) is 3.87. The first-order valence-corrected chi connectivity index (χ1v) is 9.57. The lowest BCUT2D eigenvalue weighted by atomic mass is 9.90. The van der Waals surface area contributed by atoms with E-state index in [-0.39, 0.29) is 17.9 Å². The minimum Gasteiger partial charge on any atom is -0.467 e. The molecule has 4 rings (SSSR count). The molecule has 0 aromatic carbocycles. The molecule has 0 radical (unpaired) electrons. The van der Waals surface area contributed by atoms with Gasteiger partial charge in [0.15, 0.2) is 0 Å².